The van der Waals surface area contributed by atoms with Crippen LogP contribution in [0.2, 0.25) is 0 Å². The van der Waals surface area contributed by atoms with Gasteiger partial charge in [-0.1, -0.05) is 13.8 Å². The van der Waals surface area contributed by atoms with Gasteiger partial charge in [0, 0.05) is 5.41 Å². The lowest BCUT2D eigenvalue weighted by Gasteiger charge is -2.60. The van der Waals surface area contributed by atoms with E-state index in [1.54, 1.807) is 0 Å². The van der Waals surface area contributed by atoms with Crippen LogP contribution in [-0.2, 0) is 4.74 Å². The van der Waals surface area contributed by atoms with Crippen LogP contribution in [0.4, 0.5) is 0 Å². The van der Waals surface area contributed by atoms with Gasteiger partial charge in [-0.2, -0.15) is 5.26 Å². The molecular formula is C20H29NO2. The molecule has 0 aromatic heterocycles. The molecule has 3 nitrogen and oxygen atoms in total. The van der Waals surface area contributed by atoms with Gasteiger partial charge in [0.1, 0.15) is 12.2 Å². The fourth-order valence-electron chi connectivity index (χ4n) is 7.82. The van der Waals surface area contributed by atoms with E-state index in [1.807, 2.05) is 0 Å². The third-order valence-electron chi connectivity index (χ3n) is 9.23. The normalized spacial score (nSPS) is 63.2. The van der Waals surface area contributed by atoms with Crippen LogP contribution in [-0.4, -0.2) is 22.9 Å². The summed E-state index contributed by atoms with van der Waals surface area (Å²) in [5, 5.41) is 19.8. The molecule has 0 unspecified atom stereocenters. The summed E-state index contributed by atoms with van der Waals surface area (Å²) >= 11 is 0. The first kappa shape index (κ1) is 14.7. The Morgan fingerprint density at radius 2 is 1.87 bits per heavy atom. The minimum absolute atomic E-state index is 0.0622. The van der Waals surface area contributed by atoms with E-state index in [0.717, 1.165) is 37.5 Å². The summed E-state index contributed by atoms with van der Waals surface area (Å²) in [6.45, 7) is 4.87. The van der Waals surface area contributed by atoms with E-state index in [4.69, 9.17) is 4.74 Å². The second-order valence-electron chi connectivity index (χ2n) is 9.73. The lowest BCUT2D eigenvalue weighted by molar-refractivity contribution is -0.136. The average molecular weight is 315 g/mol. The predicted octanol–water partition coefficient (Wildman–Crippen LogP) is 3.66. The third kappa shape index (κ3) is 1.58. The molecule has 1 saturated heterocycles. The molecule has 0 aromatic carbocycles. The molecule has 0 radical (unpaired) electrons. The van der Waals surface area contributed by atoms with Crippen molar-refractivity contribution < 1.29 is 9.84 Å². The van der Waals surface area contributed by atoms with E-state index in [-0.39, 0.29) is 17.6 Å². The van der Waals surface area contributed by atoms with Gasteiger partial charge >= 0.3 is 0 Å². The molecule has 1 heterocycles. The Labute approximate surface area is 139 Å². The summed E-state index contributed by atoms with van der Waals surface area (Å²) < 4.78 is 5.89. The Balaban J connectivity index is 1.47. The molecule has 23 heavy (non-hydrogen) atoms. The van der Waals surface area contributed by atoms with Gasteiger partial charge in [-0.25, -0.2) is 0 Å². The average Bonchev–Trinajstić information content (AvgIpc) is 3.20. The Bertz CT molecular complexity index is 585. The summed E-state index contributed by atoms with van der Waals surface area (Å²) in [6, 6.07) is 2.57. The highest BCUT2D eigenvalue weighted by Crippen LogP contribution is 2.73. The van der Waals surface area contributed by atoms with Gasteiger partial charge in [-0.15, -0.1) is 0 Å². The molecule has 0 amide bonds. The minimum Gasteiger partial charge on any atom is -0.393 e. The van der Waals surface area contributed by atoms with Crippen molar-refractivity contribution in [3.63, 3.8) is 0 Å². The Hall–Kier alpha value is -0.590. The van der Waals surface area contributed by atoms with Gasteiger partial charge in [0.2, 0.25) is 0 Å². The molecule has 0 spiro atoms. The van der Waals surface area contributed by atoms with E-state index in [0.29, 0.717) is 17.3 Å². The van der Waals surface area contributed by atoms with Crippen LogP contribution in [0.5, 0.6) is 0 Å². The SMILES string of the molecule is C[C@]12CC[C@H](O)C[C@@H]1CC[C@@H]1[C@@H]2CC[C@@]2(C)[C@H]1C[C@H]1O[C@]12C#N. The fraction of sp³-hybridized carbons (Fsp3) is 0.950. The van der Waals surface area contributed by atoms with Crippen LogP contribution in [0.1, 0.15) is 65.2 Å². The van der Waals surface area contributed by atoms with Crippen molar-refractivity contribution in [1.82, 2.24) is 0 Å². The lowest BCUT2D eigenvalue weighted by Crippen LogP contribution is -2.55. The van der Waals surface area contributed by atoms with Gasteiger partial charge in [-0.3, -0.25) is 0 Å². The summed E-state index contributed by atoms with van der Waals surface area (Å²) in [4.78, 5) is 0. The number of hydrogen-bond donors (Lipinski definition) is 1. The summed E-state index contributed by atoms with van der Waals surface area (Å²) in [5.41, 5.74) is 0.0744. The van der Waals surface area contributed by atoms with Crippen molar-refractivity contribution in [3.05, 3.63) is 0 Å². The number of nitriles is 1. The van der Waals surface area contributed by atoms with E-state index in [9.17, 15) is 10.4 Å². The number of hydrogen-bond acceptors (Lipinski definition) is 3. The van der Waals surface area contributed by atoms with E-state index < -0.39 is 5.60 Å². The molecule has 3 heteroatoms. The first-order chi connectivity index (χ1) is 10.9. The highest BCUT2D eigenvalue weighted by molar-refractivity contribution is 5.33. The van der Waals surface area contributed by atoms with Gasteiger partial charge in [0.05, 0.1) is 6.10 Å². The second-order valence-corrected chi connectivity index (χ2v) is 9.73. The highest BCUT2D eigenvalue weighted by Gasteiger charge is 2.78. The zero-order valence-electron chi connectivity index (χ0n) is 14.4. The molecule has 1 N–H and O–H groups in total. The molecule has 4 saturated carbocycles. The Morgan fingerprint density at radius 3 is 2.65 bits per heavy atom. The Kier molecular flexibility index (Phi) is 2.77. The van der Waals surface area contributed by atoms with Gasteiger partial charge in [0.25, 0.3) is 0 Å². The molecular weight excluding hydrogens is 286 g/mol. The summed E-state index contributed by atoms with van der Waals surface area (Å²) in [7, 11) is 0. The number of nitrogens with zero attached hydrogens (tertiary/aromatic N) is 1. The van der Waals surface area contributed by atoms with Gasteiger partial charge in [0.15, 0.2) is 5.60 Å². The van der Waals surface area contributed by atoms with Crippen molar-refractivity contribution in [2.24, 2.45) is 34.5 Å². The van der Waals surface area contributed by atoms with Crippen LogP contribution in [0.3, 0.4) is 0 Å². The highest BCUT2D eigenvalue weighted by atomic mass is 16.6. The van der Waals surface area contributed by atoms with E-state index >= 15 is 0 Å². The van der Waals surface area contributed by atoms with Gasteiger partial charge < -0.3 is 9.84 Å². The monoisotopic (exact) mass is 315 g/mol. The number of aliphatic hydroxyl groups is 1. The summed E-state index contributed by atoms with van der Waals surface area (Å²) in [6.07, 6.45) is 9.52. The van der Waals surface area contributed by atoms with Crippen LogP contribution in [0.15, 0.2) is 0 Å². The zero-order valence-corrected chi connectivity index (χ0v) is 14.4. The number of rotatable bonds is 0. The maximum absolute atomic E-state index is 10.1. The third-order valence-corrected chi connectivity index (χ3v) is 9.23. The molecule has 0 aromatic rings. The van der Waals surface area contributed by atoms with Crippen molar-refractivity contribution in [3.8, 4) is 6.07 Å². The van der Waals surface area contributed by atoms with Crippen LogP contribution in [0.25, 0.3) is 0 Å². The standard InChI is InChI=1S/C20H29NO2/c1-18-7-5-13(22)9-12(18)3-4-14-15(18)6-8-19(2)16(14)10-17-20(19,11-21)23-17/h12-17,22H,3-10H2,1-2H3/t12-,13-,14+,15-,16-,17+,18-,19-,20+/m0/s1. The zero-order chi connectivity index (χ0) is 16.0. The van der Waals surface area contributed by atoms with Crippen LogP contribution in [0, 0.1) is 45.8 Å². The molecule has 0 bridgehead atoms. The van der Waals surface area contributed by atoms with Crippen molar-refractivity contribution >= 4 is 0 Å². The summed E-state index contributed by atoms with van der Waals surface area (Å²) in [5.74, 6) is 2.99. The Morgan fingerprint density at radius 1 is 1.04 bits per heavy atom. The molecule has 4 aliphatic carbocycles. The number of epoxide rings is 1. The first-order valence-electron chi connectivity index (χ1n) is 9.72. The first-order valence-corrected chi connectivity index (χ1v) is 9.72. The molecule has 5 fully saturated rings. The molecule has 9 atom stereocenters. The maximum Gasteiger partial charge on any atom is 0.186 e. The van der Waals surface area contributed by atoms with E-state index in [1.165, 1.54) is 25.7 Å². The maximum atomic E-state index is 10.1. The number of fused-ring (bicyclic) bond motifs is 7. The second kappa shape index (κ2) is 4.33. The topological polar surface area (TPSA) is 56.5 Å². The minimum atomic E-state index is -0.441. The number of ether oxygens (including phenoxy) is 1. The van der Waals surface area contributed by atoms with Crippen molar-refractivity contribution in [2.45, 2.75) is 83.0 Å². The molecule has 126 valence electrons. The lowest BCUT2D eigenvalue weighted by atomic mass is 9.44. The predicted molar refractivity (Wildman–Crippen MR) is 86.3 cm³/mol. The van der Waals surface area contributed by atoms with Gasteiger partial charge in [-0.05, 0) is 80.5 Å². The number of aliphatic hydroxyl groups excluding tert-OH is 1. The largest absolute Gasteiger partial charge is 0.393 e. The molecule has 5 aliphatic rings. The van der Waals surface area contributed by atoms with Crippen molar-refractivity contribution in [2.75, 3.05) is 0 Å². The van der Waals surface area contributed by atoms with E-state index in [2.05, 4.69) is 19.9 Å². The smallest absolute Gasteiger partial charge is 0.186 e. The quantitative estimate of drug-likeness (QED) is 0.694. The van der Waals surface area contributed by atoms with Crippen molar-refractivity contribution in [1.29, 1.82) is 5.26 Å². The van der Waals surface area contributed by atoms with Crippen LogP contribution < -0.4 is 0 Å². The molecule has 5 rings (SSSR count). The molecule has 1 aliphatic heterocycles. The fourth-order valence-corrected chi connectivity index (χ4v) is 7.82. The van der Waals surface area contributed by atoms with Crippen LogP contribution >= 0.6 is 0 Å².